The number of piperidine rings is 1. The van der Waals surface area contributed by atoms with Crippen LogP contribution in [0.3, 0.4) is 0 Å². The van der Waals surface area contributed by atoms with E-state index >= 15 is 0 Å². The first-order valence-corrected chi connectivity index (χ1v) is 9.98. The molecule has 0 radical (unpaired) electrons. The van der Waals surface area contributed by atoms with E-state index in [-0.39, 0.29) is 29.5 Å². The zero-order valence-corrected chi connectivity index (χ0v) is 15.9. The fourth-order valence-electron chi connectivity index (χ4n) is 3.94. The number of nitrogens with zero attached hydrogens (tertiary/aromatic N) is 1. The number of furan rings is 1. The molecule has 1 saturated carbocycles. The summed E-state index contributed by atoms with van der Waals surface area (Å²) >= 11 is 0. The van der Waals surface area contributed by atoms with E-state index in [0.717, 1.165) is 38.5 Å². The van der Waals surface area contributed by atoms with Crippen LogP contribution in [0.5, 0.6) is 0 Å². The van der Waals surface area contributed by atoms with Gasteiger partial charge in [-0.25, -0.2) is 0 Å². The SMILES string of the molecule is CC(NC(=O)c1ccco1)C(=O)N1CCC(NC(=O)C2CCCCC2)CC1. The summed E-state index contributed by atoms with van der Waals surface area (Å²) in [6.07, 6.45) is 8.45. The van der Waals surface area contributed by atoms with Crippen molar-refractivity contribution < 1.29 is 18.8 Å². The number of carbonyl (C=O) groups is 3. The van der Waals surface area contributed by atoms with Crippen molar-refractivity contribution in [3.05, 3.63) is 24.2 Å². The van der Waals surface area contributed by atoms with Gasteiger partial charge in [0.1, 0.15) is 6.04 Å². The largest absolute Gasteiger partial charge is 0.459 e. The Morgan fingerprint density at radius 2 is 1.81 bits per heavy atom. The van der Waals surface area contributed by atoms with Gasteiger partial charge in [0.15, 0.2) is 5.76 Å². The summed E-state index contributed by atoms with van der Waals surface area (Å²) in [5.74, 6) is 0.0371. The lowest BCUT2D eigenvalue weighted by Gasteiger charge is -2.34. The Hall–Kier alpha value is -2.31. The van der Waals surface area contributed by atoms with Crippen molar-refractivity contribution in [3.63, 3.8) is 0 Å². The summed E-state index contributed by atoms with van der Waals surface area (Å²) in [5, 5.41) is 5.84. The van der Waals surface area contributed by atoms with Crippen molar-refractivity contribution in [1.82, 2.24) is 15.5 Å². The molecule has 2 aliphatic rings. The molecule has 1 aliphatic carbocycles. The van der Waals surface area contributed by atoms with E-state index in [1.165, 1.54) is 12.7 Å². The number of rotatable bonds is 5. The van der Waals surface area contributed by atoms with Gasteiger partial charge < -0.3 is 20.0 Å². The van der Waals surface area contributed by atoms with Crippen LogP contribution in [0.1, 0.15) is 62.4 Å². The average Bonchev–Trinajstić information content (AvgIpc) is 3.23. The predicted molar refractivity (Wildman–Crippen MR) is 100.0 cm³/mol. The Morgan fingerprint density at radius 1 is 1.11 bits per heavy atom. The Morgan fingerprint density at radius 3 is 2.44 bits per heavy atom. The lowest BCUT2D eigenvalue weighted by Crippen LogP contribution is -2.52. The minimum atomic E-state index is -0.615. The molecule has 0 aromatic carbocycles. The minimum Gasteiger partial charge on any atom is -0.459 e. The quantitative estimate of drug-likeness (QED) is 0.824. The van der Waals surface area contributed by atoms with E-state index in [4.69, 9.17) is 4.42 Å². The third-order valence-corrected chi connectivity index (χ3v) is 5.59. The Bertz CT molecular complexity index is 644. The van der Waals surface area contributed by atoms with Crippen LogP contribution in [-0.2, 0) is 9.59 Å². The van der Waals surface area contributed by atoms with Crippen LogP contribution in [0.15, 0.2) is 22.8 Å². The Balaban J connectivity index is 1.42. The van der Waals surface area contributed by atoms with Crippen LogP contribution < -0.4 is 10.6 Å². The van der Waals surface area contributed by atoms with Gasteiger partial charge in [0.25, 0.3) is 5.91 Å². The van der Waals surface area contributed by atoms with Crippen LogP contribution >= 0.6 is 0 Å². The molecule has 1 aromatic rings. The smallest absolute Gasteiger partial charge is 0.287 e. The van der Waals surface area contributed by atoms with Gasteiger partial charge in [0, 0.05) is 25.0 Å². The molecule has 1 saturated heterocycles. The van der Waals surface area contributed by atoms with Gasteiger partial charge in [-0.15, -0.1) is 0 Å². The first kappa shape index (κ1) is 19.5. The summed E-state index contributed by atoms with van der Waals surface area (Å²) in [6.45, 7) is 2.87. The molecule has 2 N–H and O–H groups in total. The number of carbonyl (C=O) groups excluding carboxylic acids is 3. The van der Waals surface area contributed by atoms with E-state index in [2.05, 4.69) is 10.6 Å². The van der Waals surface area contributed by atoms with Gasteiger partial charge in [-0.2, -0.15) is 0 Å². The Kier molecular flexibility index (Phi) is 6.53. The summed E-state index contributed by atoms with van der Waals surface area (Å²) in [7, 11) is 0. The Labute approximate surface area is 159 Å². The first-order valence-electron chi connectivity index (χ1n) is 9.98. The number of hydrogen-bond donors (Lipinski definition) is 2. The molecule has 2 fully saturated rings. The minimum absolute atomic E-state index is 0.105. The molecule has 3 rings (SSSR count). The van der Waals surface area contributed by atoms with Crippen LogP contribution in [-0.4, -0.2) is 47.8 Å². The maximum absolute atomic E-state index is 12.6. The van der Waals surface area contributed by atoms with Crippen LogP contribution in [0.4, 0.5) is 0 Å². The molecule has 1 aliphatic heterocycles. The number of likely N-dealkylation sites (tertiary alicyclic amines) is 1. The summed E-state index contributed by atoms with van der Waals surface area (Å²) in [6, 6.07) is 2.72. The van der Waals surface area contributed by atoms with E-state index in [1.54, 1.807) is 24.0 Å². The lowest BCUT2D eigenvalue weighted by molar-refractivity contribution is -0.134. The van der Waals surface area contributed by atoms with Crippen molar-refractivity contribution in [2.24, 2.45) is 5.92 Å². The molecule has 7 nitrogen and oxygen atoms in total. The summed E-state index contributed by atoms with van der Waals surface area (Å²) in [5.41, 5.74) is 0. The standard InChI is InChI=1S/C20H29N3O4/c1-14(21-19(25)17-8-5-13-27-17)20(26)23-11-9-16(10-12-23)22-18(24)15-6-3-2-4-7-15/h5,8,13-16H,2-4,6-7,9-12H2,1H3,(H,21,25)(H,22,24). The zero-order valence-electron chi connectivity index (χ0n) is 15.9. The van der Waals surface area contributed by atoms with Crippen LogP contribution in [0.2, 0.25) is 0 Å². The second kappa shape index (κ2) is 9.06. The van der Waals surface area contributed by atoms with Crippen molar-refractivity contribution in [1.29, 1.82) is 0 Å². The van der Waals surface area contributed by atoms with Gasteiger partial charge in [-0.3, -0.25) is 14.4 Å². The van der Waals surface area contributed by atoms with Gasteiger partial charge >= 0.3 is 0 Å². The molecule has 2 heterocycles. The molecular formula is C20H29N3O4. The maximum Gasteiger partial charge on any atom is 0.287 e. The summed E-state index contributed by atoms with van der Waals surface area (Å²) in [4.78, 5) is 38.7. The van der Waals surface area contributed by atoms with Crippen LogP contribution in [0, 0.1) is 5.92 Å². The fourth-order valence-corrected chi connectivity index (χ4v) is 3.94. The second-order valence-electron chi connectivity index (χ2n) is 7.62. The number of nitrogens with one attached hydrogen (secondary N) is 2. The molecule has 1 unspecified atom stereocenters. The van der Waals surface area contributed by atoms with Gasteiger partial charge in [0.2, 0.25) is 11.8 Å². The second-order valence-corrected chi connectivity index (χ2v) is 7.62. The van der Waals surface area contributed by atoms with Gasteiger partial charge in [0.05, 0.1) is 6.26 Å². The lowest BCUT2D eigenvalue weighted by atomic mass is 9.88. The fraction of sp³-hybridized carbons (Fsp3) is 0.650. The third kappa shape index (κ3) is 5.11. The van der Waals surface area contributed by atoms with Crippen LogP contribution in [0.25, 0.3) is 0 Å². The molecule has 27 heavy (non-hydrogen) atoms. The van der Waals surface area contributed by atoms with Crippen molar-refractivity contribution in [2.45, 2.75) is 64.0 Å². The highest BCUT2D eigenvalue weighted by molar-refractivity contribution is 5.95. The molecule has 7 heteroatoms. The monoisotopic (exact) mass is 375 g/mol. The normalized spacial score (nSPS) is 20.1. The molecular weight excluding hydrogens is 346 g/mol. The topological polar surface area (TPSA) is 91.7 Å². The van der Waals surface area contributed by atoms with Gasteiger partial charge in [-0.05, 0) is 44.7 Å². The molecule has 0 spiro atoms. The van der Waals surface area contributed by atoms with Crippen molar-refractivity contribution in [3.8, 4) is 0 Å². The first-order chi connectivity index (χ1) is 13.0. The molecule has 3 amide bonds. The summed E-state index contributed by atoms with van der Waals surface area (Å²) < 4.78 is 5.05. The molecule has 1 aromatic heterocycles. The average molecular weight is 375 g/mol. The van der Waals surface area contributed by atoms with E-state index in [1.807, 2.05) is 0 Å². The predicted octanol–water partition coefficient (Wildman–Crippen LogP) is 2.09. The van der Waals surface area contributed by atoms with Crippen molar-refractivity contribution in [2.75, 3.05) is 13.1 Å². The third-order valence-electron chi connectivity index (χ3n) is 5.59. The van der Waals surface area contributed by atoms with E-state index in [0.29, 0.717) is 13.1 Å². The van der Waals surface area contributed by atoms with E-state index < -0.39 is 11.9 Å². The van der Waals surface area contributed by atoms with Gasteiger partial charge in [-0.1, -0.05) is 19.3 Å². The highest BCUT2D eigenvalue weighted by Crippen LogP contribution is 2.24. The van der Waals surface area contributed by atoms with E-state index in [9.17, 15) is 14.4 Å². The molecule has 1 atom stereocenters. The highest BCUT2D eigenvalue weighted by Gasteiger charge is 2.29. The number of amides is 3. The highest BCUT2D eigenvalue weighted by atomic mass is 16.3. The van der Waals surface area contributed by atoms with Crippen molar-refractivity contribution >= 4 is 17.7 Å². The maximum atomic E-state index is 12.6. The molecule has 0 bridgehead atoms. The zero-order chi connectivity index (χ0) is 19.2. The number of hydrogen-bond acceptors (Lipinski definition) is 4. The molecule has 148 valence electrons.